The zero-order valence-electron chi connectivity index (χ0n) is 11.0. The van der Waals surface area contributed by atoms with E-state index in [0.717, 1.165) is 0 Å². The Morgan fingerprint density at radius 2 is 1.94 bits per heavy atom. The molecule has 0 fully saturated rings. The van der Waals surface area contributed by atoms with Gasteiger partial charge in [0, 0.05) is 6.20 Å². The van der Waals surface area contributed by atoms with Gasteiger partial charge in [-0.05, 0) is 27.7 Å². The average molecular weight is 254 g/mol. The maximum atomic E-state index is 11.8. The summed E-state index contributed by atoms with van der Waals surface area (Å²) < 4.78 is 9.97. The number of nitrogens with two attached hydrogens (primary N) is 1. The van der Waals surface area contributed by atoms with Gasteiger partial charge in [-0.25, -0.2) is 9.59 Å². The van der Waals surface area contributed by atoms with E-state index in [0.29, 0.717) is 0 Å². The molecule has 0 aliphatic carbocycles. The molecule has 0 aromatic carbocycles. The maximum Gasteiger partial charge on any atom is 0.356 e. The van der Waals surface area contributed by atoms with Crippen LogP contribution in [0, 0.1) is 0 Å². The molecule has 1 aromatic rings. The Morgan fingerprint density at radius 1 is 1.33 bits per heavy atom. The van der Waals surface area contributed by atoms with Crippen LogP contribution >= 0.6 is 0 Å². The molecule has 0 spiro atoms. The standard InChI is InChI=1S/C12H18N2O4/c1-5-17-11(16)9-8(13)7(6-14-9)10(15)18-12(2,3)4/h6,14H,5,13H2,1-4H3. The molecule has 0 saturated carbocycles. The van der Waals surface area contributed by atoms with E-state index in [4.69, 9.17) is 15.2 Å². The molecule has 0 unspecified atom stereocenters. The fourth-order valence-electron chi connectivity index (χ4n) is 1.31. The molecular weight excluding hydrogens is 236 g/mol. The number of aromatic amines is 1. The Morgan fingerprint density at radius 3 is 2.44 bits per heavy atom. The van der Waals surface area contributed by atoms with Crippen LogP contribution < -0.4 is 5.73 Å². The number of nitrogen functional groups attached to an aromatic ring is 1. The predicted molar refractivity (Wildman–Crippen MR) is 66.3 cm³/mol. The lowest BCUT2D eigenvalue weighted by Crippen LogP contribution is -2.24. The number of nitrogens with one attached hydrogen (secondary N) is 1. The Kier molecular flexibility index (Phi) is 4.00. The van der Waals surface area contributed by atoms with Crippen LogP contribution in [0.25, 0.3) is 0 Å². The van der Waals surface area contributed by atoms with Crippen molar-refractivity contribution in [3.63, 3.8) is 0 Å². The van der Waals surface area contributed by atoms with Gasteiger partial charge in [0.25, 0.3) is 0 Å². The average Bonchev–Trinajstić information content (AvgIpc) is 2.57. The first kappa shape index (κ1) is 14.1. The number of aromatic nitrogens is 1. The molecule has 0 aliphatic heterocycles. The molecule has 0 aliphatic rings. The number of carbonyl (C=O) groups is 2. The highest BCUT2D eigenvalue weighted by molar-refractivity contribution is 6.03. The third-order valence-electron chi connectivity index (χ3n) is 2.02. The van der Waals surface area contributed by atoms with Gasteiger partial charge in [-0.1, -0.05) is 0 Å². The number of carbonyl (C=O) groups excluding carboxylic acids is 2. The van der Waals surface area contributed by atoms with Crippen molar-refractivity contribution in [1.29, 1.82) is 0 Å². The molecule has 1 heterocycles. The molecule has 0 atom stereocenters. The Labute approximate surface area is 105 Å². The van der Waals surface area contributed by atoms with Gasteiger partial charge in [0.15, 0.2) is 0 Å². The summed E-state index contributed by atoms with van der Waals surface area (Å²) in [4.78, 5) is 25.9. The van der Waals surface area contributed by atoms with Gasteiger partial charge >= 0.3 is 11.9 Å². The summed E-state index contributed by atoms with van der Waals surface area (Å²) in [6, 6.07) is 0. The molecule has 0 saturated heterocycles. The van der Waals surface area contributed by atoms with Gasteiger partial charge in [0.05, 0.1) is 12.3 Å². The van der Waals surface area contributed by atoms with E-state index in [9.17, 15) is 9.59 Å². The number of ether oxygens (including phenoxy) is 2. The number of H-pyrrole nitrogens is 1. The molecule has 1 rings (SSSR count). The molecule has 6 heteroatoms. The lowest BCUT2D eigenvalue weighted by atomic mass is 10.2. The largest absolute Gasteiger partial charge is 0.461 e. The van der Waals surface area contributed by atoms with E-state index in [1.807, 2.05) is 0 Å². The Balaban J connectivity index is 2.93. The fourth-order valence-corrected chi connectivity index (χ4v) is 1.31. The summed E-state index contributed by atoms with van der Waals surface area (Å²) >= 11 is 0. The van der Waals surface area contributed by atoms with E-state index < -0.39 is 17.5 Å². The fraction of sp³-hybridized carbons (Fsp3) is 0.500. The molecule has 100 valence electrons. The summed E-state index contributed by atoms with van der Waals surface area (Å²) in [6.45, 7) is 7.17. The van der Waals surface area contributed by atoms with E-state index in [2.05, 4.69) is 4.98 Å². The first-order valence-corrected chi connectivity index (χ1v) is 5.63. The SMILES string of the molecule is CCOC(=O)c1[nH]cc(C(=O)OC(C)(C)C)c1N. The van der Waals surface area contributed by atoms with E-state index >= 15 is 0 Å². The lowest BCUT2D eigenvalue weighted by molar-refractivity contribution is 0.00709. The summed E-state index contributed by atoms with van der Waals surface area (Å²) in [5, 5.41) is 0. The molecule has 1 aromatic heterocycles. The second kappa shape index (κ2) is 5.12. The molecular formula is C12H18N2O4. The monoisotopic (exact) mass is 254 g/mol. The maximum absolute atomic E-state index is 11.8. The normalized spacial score (nSPS) is 11.1. The predicted octanol–water partition coefficient (Wildman–Crippen LogP) is 1.73. The minimum Gasteiger partial charge on any atom is -0.461 e. The first-order chi connectivity index (χ1) is 8.26. The topological polar surface area (TPSA) is 94.4 Å². The van der Waals surface area contributed by atoms with Crippen LogP contribution in [-0.4, -0.2) is 29.1 Å². The second-order valence-corrected chi connectivity index (χ2v) is 4.71. The molecule has 0 amide bonds. The van der Waals surface area contributed by atoms with Crippen LogP contribution in [0.2, 0.25) is 0 Å². The van der Waals surface area contributed by atoms with Crippen molar-refractivity contribution in [2.45, 2.75) is 33.3 Å². The number of hydrogen-bond donors (Lipinski definition) is 2. The molecule has 18 heavy (non-hydrogen) atoms. The lowest BCUT2D eigenvalue weighted by Gasteiger charge is -2.19. The zero-order valence-corrected chi connectivity index (χ0v) is 11.0. The Hall–Kier alpha value is -1.98. The highest BCUT2D eigenvalue weighted by Gasteiger charge is 2.24. The third kappa shape index (κ3) is 3.26. The van der Waals surface area contributed by atoms with Gasteiger partial charge < -0.3 is 20.2 Å². The molecule has 0 radical (unpaired) electrons. The first-order valence-electron chi connectivity index (χ1n) is 5.63. The van der Waals surface area contributed by atoms with Crippen LogP contribution in [0.15, 0.2) is 6.20 Å². The van der Waals surface area contributed by atoms with Gasteiger partial charge in [-0.15, -0.1) is 0 Å². The number of rotatable bonds is 3. The third-order valence-corrected chi connectivity index (χ3v) is 2.02. The van der Waals surface area contributed by atoms with Crippen molar-refractivity contribution in [2.24, 2.45) is 0 Å². The van der Waals surface area contributed by atoms with Gasteiger partial charge in [-0.2, -0.15) is 0 Å². The van der Waals surface area contributed by atoms with E-state index in [1.165, 1.54) is 6.20 Å². The minimum absolute atomic E-state index is 0.0442. The van der Waals surface area contributed by atoms with Crippen LogP contribution in [-0.2, 0) is 9.47 Å². The summed E-state index contributed by atoms with van der Waals surface area (Å²) in [7, 11) is 0. The quantitative estimate of drug-likeness (QED) is 0.801. The summed E-state index contributed by atoms with van der Waals surface area (Å²) in [6.07, 6.45) is 1.34. The van der Waals surface area contributed by atoms with Crippen molar-refractivity contribution >= 4 is 17.6 Å². The van der Waals surface area contributed by atoms with Crippen molar-refractivity contribution in [1.82, 2.24) is 4.98 Å². The van der Waals surface area contributed by atoms with E-state index in [-0.39, 0.29) is 23.6 Å². The van der Waals surface area contributed by atoms with Crippen molar-refractivity contribution < 1.29 is 19.1 Å². The van der Waals surface area contributed by atoms with Gasteiger partial charge in [-0.3, -0.25) is 0 Å². The summed E-state index contributed by atoms with van der Waals surface area (Å²) in [5.41, 5.74) is 5.35. The van der Waals surface area contributed by atoms with Crippen LogP contribution in [0.4, 0.5) is 5.69 Å². The highest BCUT2D eigenvalue weighted by atomic mass is 16.6. The second-order valence-electron chi connectivity index (χ2n) is 4.71. The number of esters is 2. The van der Waals surface area contributed by atoms with E-state index in [1.54, 1.807) is 27.7 Å². The number of hydrogen-bond acceptors (Lipinski definition) is 5. The van der Waals surface area contributed by atoms with Crippen molar-refractivity contribution in [3.8, 4) is 0 Å². The van der Waals surface area contributed by atoms with Crippen LogP contribution in [0.5, 0.6) is 0 Å². The molecule has 0 bridgehead atoms. The van der Waals surface area contributed by atoms with Gasteiger partial charge in [0.2, 0.25) is 0 Å². The zero-order chi connectivity index (χ0) is 13.9. The van der Waals surface area contributed by atoms with Crippen molar-refractivity contribution in [3.05, 3.63) is 17.5 Å². The molecule has 3 N–H and O–H groups in total. The minimum atomic E-state index is -0.620. The smallest absolute Gasteiger partial charge is 0.356 e. The summed E-state index contributed by atoms with van der Waals surface area (Å²) in [5.74, 6) is -1.17. The Bertz CT molecular complexity index is 457. The van der Waals surface area contributed by atoms with Crippen LogP contribution in [0.3, 0.4) is 0 Å². The van der Waals surface area contributed by atoms with Crippen molar-refractivity contribution in [2.75, 3.05) is 12.3 Å². The number of anilines is 1. The molecule has 6 nitrogen and oxygen atoms in total. The van der Waals surface area contributed by atoms with Crippen LogP contribution in [0.1, 0.15) is 48.5 Å². The van der Waals surface area contributed by atoms with Gasteiger partial charge in [0.1, 0.15) is 16.9 Å². The highest BCUT2D eigenvalue weighted by Crippen LogP contribution is 2.21.